The molecule has 7 heteroatoms. The van der Waals surface area contributed by atoms with Gasteiger partial charge in [0, 0.05) is 0 Å². The predicted molar refractivity (Wildman–Crippen MR) is 66.5 cm³/mol. The average molecular weight is 293 g/mol. The minimum absolute atomic E-state index is 0.0589. The number of methoxy groups -OCH3 is 1. The minimum atomic E-state index is -3.95. The summed E-state index contributed by atoms with van der Waals surface area (Å²) in [6, 6.07) is 5.59. The molecule has 1 rings (SSSR count). The Balaban J connectivity index is 3.01. The second-order valence-corrected chi connectivity index (χ2v) is 6.02. The zero-order valence-corrected chi connectivity index (χ0v) is 11.5. The lowest BCUT2D eigenvalue weighted by Crippen LogP contribution is -2.27. The second kappa shape index (κ2) is 6.06. The minimum Gasteiger partial charge on any atom is -0.497 e. The van der Waals surface area contributed by atoms with Crippen LogP contribution in [0.5, 0.6) is 5.75 Å². The fourth-order valence-corrected chi connectivity index (χ4v) is 2.67. The Bertz CT molecular complexity index is 509. The summed E-state index contributed by atoms with van der Waals surface area (Å²) in [6.45, 7) is 1.64. The van der Waals surface area contributed by atoms with Crippen molar-refractivity contribution in [1.82, 2.24) is 0 Å². The highest BCUT2D eigenvalue weighted by Crippen LogP contribution is 2.22. The number of ether oxygens (including phenoxy) is 2. The fraction of sp³-hybridized carbons (Fsp3) is 0.364. The van der Waals surface area contributed by atoms with E-state index in [4.69, 9.17) is 16.3 Å². The molecule has 0 N–H and O–H groups in total. The van der Waals surface area contributed by atoms with Crippen LogP contribution in [0.25, 0.3) is 0 Å². The van der Waals surface area contributed by atoms with E-state index in [2.05, 4.69) is 4.74 Å². The zero-order chi connectivity index (χ0) is 13.8. The first-order chi connectivity index (χ1) is 8.43. The van der Waals surface area contributed by atoms with E-state index in [1.807, 2.05) is 0 Å². The van der Waals surface area contributed by atoms with Crippen LogP contribution in [0.15, 0.2) is 29.2 Å². The van der Waals surface area contributed by atoms with Gasteiger partial charge in [-0.1, -0.05) is 11.6 Å². The molecule has 5 nitrogen and oxygen atoms in total. The van der Waals surface area contributed by atoms with Crippen LogP contribution >= 0.6 is 11.6 Å². The van der Waals surface area contributed by atoms with Crippen molar-refractivity contribution in [3.05, 3.63) is 24.3 Å². The van der Waals surface area contributed by atoms with Crippen molar-refractivity contribution in [3.63, 3.8) is 0 Å². The van der Waals surface area contributed by atoms with Crippen LogP contribution in [0.4, 0.5) is 0 Å². The van der Waals surface area contributed by atoms with Crippen LogP contribution in [0.1, 0.15) is 6.92 Å². The van der Waals surface area contributed by atoms with Gasteiger partial charge < -0.3 is 9.47 Å². The zero-order valence-electron chi connectivity index (χ0n) is 9.92. The Morgan fingerprint density at radius 1 is 1.33 bits per heavy atom. The van der Waals surface area contributed by atoms with Gasteiger partial charge in [0.2, 0.25) is 14.5 Å². The largest absolute Gasteiger partial charge is 0.497 e. The lowest BCUT2D eigenvalue weighted by molar-refractivity contribution is -0.140. The third-order valence-electron chi connectivity index (χ3n) is 2.13. The summed E-state index contributed by atoms with van der Waals surface area (Å²) in [7, 11) is -2.49. The molecule has 0 saturated heterocycles. The van der Waals surface area contributed by atoms with E-state index in [9.17, 15) is 13.2 Å². The van der Waals surface area contributed by atoms with E-state index in [0.717, 1.165) is 0 Å². The van der Waals surface area contributed by atoms with E-state index < -0.39 is 20.5 Å². The number of carbonyl (C=O) groups excluding carboxylic acids is 1. The van der Waals surface area contributed by atoms with Crippen molar-refractivity contribution < 1.29 is 22.7 Å². The quantitative estimate of drug-likeness (QED) is 0.609. The molecule has 0 heterocycles. The number of alkyl halides is 1. The maximum atomic E-state index is 12.0. The molecule has 0 spiro atoms. The van der Waals surface area contributed by atoms with Crippen molar-refractivity contribution >= 4 is 27.4 Å². The molecule has 0 aliphatic heterocycles. The lowest BCUT2D eigenvalue weighted by atomic mass is 10.3. The van der Waals surface area contributed by atoms with Gasteiger partial charge in [0.05, 0.1) is 18.6 Å². The molecule has 1 unspecified atom stereocenters. The molecule has 0 amide bonds. The van der Waals surface area contributed by atoms with Crippen molar-refractivity contribution in [2.24, 2.45) is 0 Å². The van der Waals surface area contributed by atoms with E-state index in [-0.39, 0.29) is 11.5 Å². The highest BCUT2D eigenvalue weighted by atomic mass is 35.5. The topological polar surface area (TPSA) is 69.7 Å². The number of hydrogen-bond acceptors (Lipinski definition) is 5. The summed E-state index contributed by atoms with van der Waals surface area (Å²) in [5.74, 6) is -0.466. The molecule has 0 radical (unpaired) electrons. The van der Waals surface area contributed by atoms with Gasteiger partial charge in [-0.05, 0) is 31.2 Å². The van der Waals surface area contributed by atoms with E-state index in [0.29, 0.717) is 5.75 Å². The summed E-state index contributed by atoms with van der Waals surface area (Å²) in [5, 5.41) is 0. The molecule has 0 saturated carbocycles. The van der Waals surface area contributed by atoms with Gasteiger partial charge in [0.25, 0.3) is 0 Å². The monoisotopic (exact) mass is 292 g/mol. The molecular formula is C11H13ClO5S. The van der Waals surface area contributed by atoms with Crippen molar-refractivity contribution in [2.45, 2.75) is 16.5 Å². The summed E-state index contributed by atoms with van der Waals surface area (Å²) < 4.78 is 31.7. The summed E-state index contributed by atoms with van der Waals surface area (Å²) in [4.78, 5) is 11.3. The fourth-order valence-electron chi connectivity index (χ4n) is 1.22. The summed E-state index contributed by atoms with van der Waals surface area (Å²) in [5.41, 5.74) is 0. The number of sulfone groups is 1. The highest BCUT2D eigenvalue weighted by molar-refractivity contribution is 7.94. The SMILES string of the molecule is CCOC(=O)C(Cl)S(=O)(=O)c1ccc(OC)cc1. The molecule has 18 heavy (non-hydrogen) atoms. The van der Waals surface area contributed by atoms with Crippen LogP contribution in [-0.2, 0) is 19.4 Å². The number of hydrogen-bond donors (Lipinski definition) is 0. The van der Waals surface area contributed by atoms with Crippen LogP contribution in [0.2, 0.25) is 0 Å². The molecule has 1 aromatic rings. The van der Waals surface area contributed by atoms with E-state index in [1.54, 1.807) is 6.92 Å². The van der Waals surface area contributed by atoms with Crippen LogP contribution in [0, 0.1) is 0 Å². The van der Waals surface area contributed by atoms with Gasteiger partial charge in [0.15, 0.2) is 0 Å². The molecule has 0 bridgehead atoms. The Morgan fingerprint density at radius 2 is 1.89 bits per heavy atom. The molecule has 100 valence electrons. The van der Waals surface area contributed by atoms with Crippen molar-refractivity contribution in [1.29, 1.82) is 0 Å². The first-order valence-electron chi connectivity index (χ1n) is 5.12. The molecule has 1 aromatic carbocycles. The Hall–Kier alpha value is -1.27. The average Bonchev–Trinajstić information content (AvgIpc) is 2.38. The maximum absolute atomic E-state index is 12.0. The lowest BCUT2D eigenvalue weighted by Gasteiger charge is -2.10. The number of esters is 1. The number of carbonyl (C=O) groups is 1. The standard InChI is InChI=1S/C11H13ClO5S/c1-3-17-11(13)10(12)18(14,15)9-6-4-8(16-2)5-7-9/h4-7,10H,3H2,1-2H3. The molecule has 1 atom stereocenters. The Kier molecular flexibility index (Phi) is 4.98. The summed E-state index contributed by atoms with van der Waals surface area (Å²) >= 11 is 5.62. The molecular weight excluding hydrogens is 280 g/mol. The van der Waals surface area contributed by atoms with Gasteiger partial charge >= 0.3 is 5.97 Å². The molecule has 0 aromatic heterocycles. The number of halogens is 1. The molecule has 0 aliphatic rings. The van der Waals surface area contributed by atoms with Crippen molar-refractivity contribution in [2.75, 3.05) is 13.7 Å². The molecule has 0 fully saturated rings. The van der Waals surface area contributed by atoms with Gasteiger partial charge in [-0.25, -0.2) is 13.2 Å². The normalized spacial score (nSPS) is 12.8. The van der Waals surface area contributed by atoms with E-state index >= 15 is 0 Å². The number of rotatable bonds is 5. The highest BCUT2D eigenvalue weighted by Gasteiger charge is 2.33. The maximum Gasteiger partial charge on any atom is 0.340 e. The first kappa shape index (κ1) is 14.8. The molecule has 0 aliphatic carbocycles. The van der Waals surface area contributed by atoms with Crippen LogP contribution in [0.3, 0.4) is 0 Å². The van der Waals surface area contributed by atoms with Crippen molar-refractivity contribution in [3.8, 4) is 5.75 Å². The van der Waals surface area contributed by atoms with Gasteiger partial charge in [-0.15, -0.1) is 0 Å². The van der Waals surface area contributed by atoms with Gasteiger partial charge in [-0.2, -0.15) is 0 Å². The first-order valence-corrected chi connectivity index (χ1v) is 7.10. The third kappa shape index (κ3) is 3.14. The predicted octanol–water partition coefficient (Wildman–Crippen LogP) is 1.60. The van der Waals surface area contributed by atoms with Crippen LogP contribution < -0.4 is 4.74 Å². The van der Waals surface area contributed by atoms with Crippen LogP contribution in [-0.4, -0.2) is 32.8 Å². The third-order valence-corrected chi connectivity index (χ3v) is 4.68. The second-order valence-electron chi connectivity index (χ2n) is 3.29. The summed E-state index contributed by atoms with van der Waals surface area (Å²) in [6.07, 6.45) is 0. The smallest absolute Gasteiger partial charge is 0.340 e. The van der Waals surface area contributed by atoms with Gasteiger partial charge in [-0.3, -0.25) is 0 Å². The van der Waals surface area contributed by atoms with E-state index in [1.165, 1.54) is 31.4 Å². The number of benzene rings is 1. The Morgan fingerprint density at radius 3 is 2.33 bits per heavy atom. The Labute approximate surface area is 111 Å². The van der Waals surface area contributed by atoms with Gasteiger partial charge in [0.1, 0.15) is 5.75 Å².